The van der Waals surface area contributed by atoms with E-state index in [-0.39, 0.29) is 22.8 Å². The molecule has 2 N–H and O–H groups in total. The van der Waals surface area contributed by atoms with Crippen molar-refractivity contribution in [3.63, 3.8) is 0 Å². The third-order valence-corrected chi connectivity index (χ3v) is 8.81. The number of carbonyl (C=O) groups excluding carboxylic acids is 1. The van der Waals surface area contributed by atoms with Gasteiger partial charge in [-0.05, 0) is 74.2 Å². The second-order valence-corrected chi connectivity index (χ2v) is 12.5. The van der Waals surface area contributed by atoms with Gasteiger partial charge in [0.2, 0.25) is 15.9 Å². The first kappa shape index (κ1) is 31.4. The van der Waals surface area contributed by atoms with Crippen LogP contribution in [-0.4, -0.2) is 71.3 Å². The number of piperidine rings is 1. The summed E-state index contributed by atoms with van der Waals surface area (Å²) in [5.74, 6) is 0.111. The zero-order valence-corrected chi connectivity index (χ0v) is 25.5. The van der Waals surface area contributed by atoms with Crippen LogP contribution in [0.2, 0.25) is 0 Å². The monoisotopic (exact) mass is 671 g/mol. The van der Waals surface area contributed by atoms with Gasteiger partial charge in [-0.15, -0.1) is 0 Å². The van der Waals surface area contributed by atoms with Gasteiger partial charge >= 0.3 is 0 Å². The molecule has 1 fully saturated rings. The molecule has 39 heavy (non-hydrogen) atoms. The highest BCUT2D eigenvalue weighted by Gasteiger charge is 2.35. The van der Waals surface area contributed by atoms with E-state index in [9.17, 15) is 18.3 Å². The maximum Gasteiger partial charge on any atom is 0.240 e. The summed E-state index contributed by atoms with van der Waals surface area (Å²) in [6.45, 7) is 2.12. The van der Waals surface area contributed by atoms with Crippen LogP contribution in [-0.2, 0) is 17.9 Å². The van der Waals surface area contributed by atoms with Gasteiger partial charge in [0.25, 0.3) is 0 Å². The second kappa shape index (κ2) is 15.0. The van der Waals surface area contributed by atoms with Crippen LogP contribution in [0.25, 0.3) is 0 Å². The lowest BCUT2D eigenvalue weighted by Gasteiger charge is -2.40. The highest BCUT2D eigenvalue weighted by atomic mass is 127. The lowest BCUT2D eigenvalue weighted by atomic mass is 9.80. The fourth-order valence-electron chi connectivity index (χ4n) is 4.35. The van der Waals surface area contributed by atoms with Crippen molar-refractivity contribution in [2.75, 3.05) is 51.8 Å². The highest BCUT2D eigenvalue weighted by Crippen LogP contribution is 2.32. The van der Waals surface area contributed by atoms with E-state index in [0.29, 0.717) is 56.9 Å². The van der Waals surface area contributed by atoms with Gasteiger partial charge in [0.15, 0.2) is 0 Å². The van der Waals surface area contributed by atoms with E-state index in [1.807, 2.05) is 71.2 Å². The molecular weight excluding hydrogens is 633 g/mol. The number of benzene rings is 2. The summed E-state index contributed by atoms with van der Waals surface area (Å²) in [4.78, 5) is 16.6. The van der Waals surface area contributed by atoms with E-state index in [1.54, 1.807) is 12.1 Å². The van der Waals surface area contributed by atoms with E-state index in [2.05, 4.69) is 15.0 Å². The van der Waals surface area contributed by atoms with E-state index in [4.69, 9.17) is 3.07 Å². The van der Waals surface area contributed by atoms with Crippen molar-refractivity contribution < 1.29 is 21.4 Å². The van der Waals surface area contributed by atoms with Crippen LogP contribution in [0.15, 0.2) is 63.7 Å². The lowest BCUT2D eigenvalue weighted by Crippen LogP contribution is -2.46. The molecule has 0 unspecified atom stereocenters. The van der Waals surface area contributed by atoms with E-state index >= 15 is 0 Å². The van der Waals surface area contributed by atoms with Crippen molar-refractivity contribution in [3.8, 4) is 0 Å². The standard InChI is InChI=1S/C27H38IN5O5S/c1-32(2)24-11-7-22(8-12-24)30-31-23-9-13-25(14-10-23)39(36,37)29-17-5-3-4-6-26(35)33-18-15-27(20-34,16-19-33)21-38-28/h7-14,29,34H,3-6,15-21H2,1-2H3/b31-30+. The number of aliphatic hydroxyl groups is 1. The minimum absolute atomic E-state index is 0.0651. The Morgan fingerprint density at radius 2 is 1.62 bits per heavy atom. The molecule has 1 aliphatic rings. The summed E-state index contributed by atoms with van der Waals surface area (Å²) < 4.78 is 33.1. The van der Waals surface area contributed by atoms with Crippen LogP contribution >= 0.6 is 23.0 Å². The highest BCUT2D eigenvalue weighted by molar-refractivity contribution is 14.1. The molecule has 12 heteroatoms. The minimum Gasteiger partial charge on any atom is -0.396 e. The van der Waals surface area contributed by atoms with Gasteiger partial charge in [0.1, 0.15) is 23.0 Å². The van der Waals surface area contributed by atoms with Crippen molar-refractivity contribution in [2.45, 2.75) is 43.4 Å². The number of carbonyl (C=O) groups is 1. The summed E-state index contributed by atoms with van der Waals surface area (Å²) in [6.07, 6.45) is 4.00. The number of halogens is 1. The first-order chi connectivity index (χ1) is 18.7. The molecule has 1 heterocycles. The van der Waals surface area contributed by atoms with Gasteiger partial charge in [-0.1, -0.05) is 6.42 Å². The number of aliphatic hydroxyl groups excluding tert-OH is 1. The Morgan fingerprint density at radius 1 is 1.03 bits per heavy atom. The smallest absolute Gasteiger partial charge is 0.240 e. The molecule has 0 saturated carbocycles. The fourth-order valence-corrected chi connectivity index (χ4v) is 6.08. The van der Waals surface area contributed by atoms with Gasteiger partial charge in [-0.25, -0.2) is 13.1 Å². The van der Waals surface area contributed by atoms with Crippen molar-refractivity contribution in [1.29, 1.82) is 0 Å². The molecule has 1 amide bonds. The van der Waals surface area contributed by atoms with Crippen LogP contribution in [0, 0.1) is 5.41 Å². The first-order valence-electron chi connectivity index (χ1n) is 13.1. The molecule has 0 aromatic heterocycles. The van der Waals surface area contributed by atoms with Crippen LogP contribution in [0.3, 0.4) is 0 Å². The Balaban J connectivity index is 1.36. The Bertz CT molecular complexity index is 1180. The Hall–Kier alpha value is -2.13. The Kier molecular flexibility index (Phi) is 12.1. The number of amides is 1. The second-order valence-electron chi connectivity index (χ2n) is 10.1. The SMILES string of the molecule is CN(C)c1ccc(/N=N/c2ccc(S(=O)(=O)NCCCCCC(=O)N3CCC(CO)(COI)CC3)cc2)cc1. The van der Waals surface area contributed by atoms with E-state index < -0.39 is 10.0 Å². The van der Waals surface area contributed by atoms with Gasteiger partial charge in [-0.2, -0.15) is 10.2 Å². The molecule has 0 aliphatic carbocycles. The molecule has 214 valence electrons. The van der Waals surface area contributed by atoms with Crippen molar-refractivity contribution >= 4 is 56.0 Å². The summed E-state index contributed by atoms with van der Waals surface area (Å²) >= 11 is 1.84. The Morgan fingerprint density at radius 3 is 2.15 bits per heavy atom. The lowest BCUT2D eigenvalue weighted by molar-refractivity contribution is -0.134. The third-order valence-electron chi connectivity index (χ3n) is 7.03. The molecule has 0 bridgehead atoms. The fraction of sp³-hybridized carbons (Fsp3) is 0.519. The van der Waals surface area contributed by atoms with Crippen LogP contribution in [0.5, 0.6) is 0 Å². The predicted molar refractivity (Wildman–Crippen MR) is 160 cm³/mol. The quantitative estimate of drug-likeness (QED) is 0.166. The van der Waals surface area contributed by atoms with Gasteiger partial charge in [-0.3, -0.25) is 4.79 Å². The molecule has 2 aromatic rings. The first-order valence-corrected chi connectivity index (χ1v) is 15.5. The average Bonchev–Trinajstić information content (AvgIpc) is 2.94. The number of nitrogens with zero attached hydrogens (tertiary/aromatic N) is 4. The number of unbranched alkanes of at least 4 members (excludes halogenated alkanes) is 2. The van der Waals surface area contributed by atoms with Gasteiger partial charge in [0, 0.05) is 51.3 Å². The van der Waals surface area contributed by atoms with Gasteiger partial charge < -0.3 is 18.0 Å². The van der Waals surface area contributed by atoms with E-state index in [0.717, 1.165) is 24.9 Å². The average molecular weight is 672 g/mol. The summed E-state index contributed by atoms with van der Waals surface area (Å²) in [7, 11) is 0.303. The van der Waals surface area contributed by atoms with Crippen LogP contribution in [0.4, 0.5) is 17.1 Å². The number of sulfonamides is 1. The number of nitrogens with one attached hydrogen (secondary N) is 1. The molecule has 1 aliphatic heterocycles. The summed E-state index contributed by atoms with van der Waals surface area (Å²) in [5, 5.41) is 18.1. The number of hydrogen-bond acceptors (Lipinski definition) is 8. The summed E-state index contributed by atoms with van der Waals surface area (Å²) in [5.41, 5.74) is 2.08. The molecule has 10 nitrogen and oxygen atoms in total. The predicted octanol–water partition coefficient (Wildman–Crippen LogP) is 4.97. The maximum atomic E-state index is 12.6. The molecular formula is C27H38IN5O5S. The number of azo groups is 1. The number of rotatable bonds is 14. The molecule has 2 aromatic carbocycles. The van der Waals surface area contributed by atoms with Crippen molar-refractivity contribution in [2.24, 2.45) is 15.6 Å². The molecule has 3 rings (SSSR count). The van der Waals surface area contributed by atoms with Gasteiger partial charge in [0.05, 0.1) is 29.5 Å². The topological polar surface area (TPSA) is 124 Å². The molecule has 0 spiro atoms. The van der Waals surface area contributed by atoms with Crippen molar-refractivity contribution in [1.82, 2.24) is 9.62 Å². The third kappa shape index (κ3) is 9.48. The molecule has 1 saturated heterocycles. The number of likely N-dealkylation sites (tertiary alicyclic amines) is 1. The largest absolute Gasteiger partial charge is 0.396 e. The van der Waals surface area contributed by atoms with E-state index in [1.165, 1.54) is 12.1 Å². The van der Waals surface area contributed by atoms with Crippen LogP contribution in [0.1, 0.15) is 38.5 Å². The van der Waals surface area contributed by atoms with Crippen molar-refractivity contribution in [3.05, 3.63) is 48.5 Å². The number of hydrogen-bond donors (Lipinski definition) is 2. The molecule has 0 radical (unpaired) electrons. The maximum absolute atomic E-state index is 12.6. The Labute approximate surface area is 245 Å². The normalized spacial score (nSPS) is 15.5. The van der Waals surface area contributed by atoms with Crippen LogP contribution < -0.4 is 9.62 Å². The zero-order chi connectivity index (χ0) is 28.3. The summed E-state index contributed by atoms with van der Waals surface area (Å²) in [6, 6.07) is 13.9. The molecule has 0 atom stereocenters. The zero-order valence-electron chi connectivity index (χ0n) is 22.6. The number of anilines is 1. The minimum atomic E-state index is -3.63.